The summed E-state index contributed by atoms with van der Waals surface area (Å²) in [6.45, 7) is 0.237. The Morgan fingerprint density at radius 3 is 3.00 bits per heavy atom. The van der Waals surface area contributed by atoms with Gasteiger partial charge in [0, 0.05) is 15.2 Å². The average Bonchev–Trinajstić information content (AvgIpc) is 3.02. The molecule has 4 nitrogen and oxygen atoms in total. The van der Waals surface area contributed by atoms with Gasteiger partial charge in [0.1, 0.15) is 6.61 Å². The van der Waals surface area contributed by atoms with Crippen LogP contribution in [0.1, 0.15) is 15.9 Å². The number of fused-ring (bicyclic) bond motifs is 2. The van der Waals surface area contributed by atoms with Crippen molar-refractivity contribution in [3.8, 4) is 0 Å². The molecule has 1 aliphatic heterocycles. The van der Waals surface area contributed by atoms with E-state index in [1.54, 1.807) is 23.5 Å². The maximum Gasteiger partial charge on any atom is 0.338 e. The number of benzene rings is 2. The first-order valence-electron chi connectivity index (χ1n) is 7.39. The Morgan fingerprint density at radius 2 is 2.08 bits per heavy atom. The Bertz CT molecular complexity index is 948. The van der Waals surface area contributed by atoms with Gasteiger partial charge in [-0.3, -0.25) is 4.79 Å². The van der Waals surface area contributed by atoms with Crippen molar-refractivity contribution in [2.24, 2.45) is 0 Å². The standard InChI is InChI=1S/C18H13NO3S2/c20-17-10-24-16-6-5-11(7-14(16)19-17)18(21)22-8-12-9-23-15-4-2-1-3-13(12)15/h1-7,9H,8,10H2,(H,19,20). The predicted molar refractivity (Wildman–Crippen MR) is 96.7 cm³/mol. The lowest BCUT2D eigenvalue weighted by Gasteiger charge is -2.16. The zero-order chi connectivity index (χ0) is 16.5. The second kappa shape index (κ2) is 6.30. The Balaban J connectivity index is 1.50. The first-order valence-corrected chi connectivity index (χ1v) is 9.26. The second-order valence-electron chi connectivity index (χ2n) is 5.38. The number of ether oxygens (including phenoxy) is 1. The fraction of sp³-hybridized carbons (Fsp3) is 0.111. The molecule has 1 aromatic heterocycles. The first kappa shape index (κ1) is 15.2. The van der Waals surface area contributed by atoms with E-state index in [0.29, 0.717) is 17.0 Å². The monoisotopic (exact) mass is 355 g/mol. The lowest BCUT2D eigenvalue weighted by Crippen LogP contribution is -2.19. The molecule has 1 N–H and O–H groups in total. The molecule has 24 heavy (non-hydrogen) atoms. The van der Waals surface area contributed by atoms with Crippen molar-refractivity contribution in [3.05, 3.63) is 59.0 Å². The number of rotatable bonds is 3. The molecule has 0 saturated carbocycles. The summed E-state index contributed by atoms with van der Waals surface area (Å²) in [5.74, 6) is -0.0390. The van der Waals surface area contributed by atoms with Crippen molar-refractivity contribution < 1.29 is 14.3 Å². The predicted octanol–water partition coefficient (Wildman–Crippen LogP) is 4.30. The zero-order valence-electron chi connectivity index (χ0n) is 12.6. The molecule has 0 aliphatic carbocycles. The molecule has 0 saturated heterocycles. The third-order valence-electron chi connectivity index (χ3n) is 3.77. The van der Waals surface area contributed by atoms with Crippen LogP contribution in [0.3, 0.4) is 0 Å². The fourth-order valence-corrected chi connectivity index (χ4v) is 4.32. The van der Waals surface area contributed by atoms with Crippen LogP contribution in [0.25, 0.3) is 10.1 Å². The van der Waals surface area contributed by atoms with Crippen LogP contribution in [0.4, 0.5) is 5.69 Å². The van der Waals surface area contributed by atoms with Crippen LogP contribution < -0.4 is 5.32 Å². The number of nitrogens with one attached hydrogen (secondary N) is 1. The summed E-state index contributed by atoms with van der Waals surface area (Å²) < 4.78 is 6.62. The third kappa shape index (κ3) is 2.90. The van der Waals surface area contributed by atoms with Gasteiger partial charge in [-0.05, 0) is 35.0 Å². The summed E-state index contributed by atoms with van der Waals surface area (Å²) >= 11 is 3.11. The van der Waals surface area contributed by atoms with E-state index in [-0.39, 0.29) is 12.5 Å². The van der Waals surface area contributed by atoms with Crippen molar-refractivity contribution in [1.29, 1.82) is 0 Å². The largest absolute Gasteiger partial charge is 0.457 e. The topological polar surface area (TPSA) is 55.4 Å². The molecule has 1 aliphatic rings. The zero-order valence-corrected chi connectivity index (χ0v) is 14.2. The fourth-order valence-electron chi connectivity index (χ4n) is 2.58. The average molecular weight is 355 g/mol. The van der Waals surface area contributed by atoms with Crippen LogP contribution in [0, 0.1) is 0 Å². The molecular formula is C18H13NO3S2. The molecule has 1 amide bonds. The smallest absolute Gasteiger partial charge is 0.338 e. The summed E-state index contributed by atoms with van der Waals surface area (Å²) in [6, 6.07) is 13.3. The van der Waals surface area contributed by atoms with Crippen molar-refractivity contribution in [2.45, 2.75) is 11.5 Å². The normalized spacial score (nSPS) is 13.4. The Hall–Kier alpha value is -2.31. The number of esters is 1. The van der Waals surface area contributed by atoms with Gasteiger partial charge in [0.15, 0.2) is 0 Å². The van der Waals surface area contributed by atoms with Gasteiger partial charge in [-0.15, -0.1) is 23.1 Å². The first-order chi connectivity index (χ1) is 11.7. The number of carbonyl (C=O) groups excluding carboxylic acids is 2. The van der Waals surface area contributed by atoms with Gasteiger partial charge in [-0.2, -0.15) is 0 Å². The molecule has 2 aromatic carbocycles. The van der Waals surface area contributed by atoms with Crippen LogP contribution in [0.15, 0.2) is 52.7 Å². The van der Waals surface area contributed by atoms with E-state index in [1.165, 1.54) is 16.5 Å². The number of hydrogen-bond donors (Lipinski definition) is 1. The Kier molecular flexibility index (Phi) is 4.00. The number of amides is 1. The summed E-state index contributed by atoms with van der Waals surface area (Å²) in [4.78, 5) is 24.7. The summed E-state index contributed by atoms with van der Waals surface area (Å²) in [6.07, 6.45) is 0. The minimum Gasteiger partial charge on any atom is -0.457 e. The quantitative estimate of drug-likeness (QED) is 0.712. The van der Waals surface area contributed by atoms with Gasteiger partial charge in [0.2, 0.25) is 5.91 Å². The second-order valence-corrected chi connectivity index (χ2v) is 7.31. The van der Waals surface area contributed by atoms with Gasteiger partial charge in [-0.1, -0.05) is 18.2 Å². The summed E-state index contributed by atoms with van der Waals surface area (Å²) in [5, 5.41) is 5.91. The van der Waals surface area contributed by atoms with Crippen LogP contribution in [-0.4, -0.2) is 17.6 Å². The molecule has 0 unspecified atom stereocenters. The molecule has 3 aromatic rings. The van der Waals surface area contributed by atoms with Gasteiger partial charge in [-0.25, -0.2) is 4.79 Å². The molecule has 4 rings (SSSR count). The maximum atomic E-state index is 12.3. The maximum absolute atomic E-state index is 12.3. The molecule has 6 heteroatoms. The lowest BCUT2D eigenvalue weighted by atomic mass is 10.2. The third-order valence-corrected chi connectivity index (χ3v) is 5.85. The van der Waals surface area contributed by atoms with Gasteiger partial charge in [0.25, 0.3) is 0 Å². The number of carbonyl (C=O) groups is 2. The molecule has 0 radical (unpaired) electrons. The molecule has 0 atom stereocenters. The summed E-state index contributed by atoms with van der Waals surface area (Å²) in [7, 11) is 0. The van der Waals surface area contributed by atoms with Crippen molar-refractivity contribution in [3.63, 3.8) is 0 Å². The lowest BCUT2D eigenvalue weighted by molar-refractivity contribution is -0.113. The van der Waals surface area contributed by atoms with Crippen molar-refractivity contribution in [1.82, 2.24) is 0 Å². The van der Waals surface area contributed by atoms with Crippen LogP contribution in [-0.2, 0) is 16.1 Å². The minimum absolute atomic E-state index is 0.0530. The number of anilines is 1. The van der Waals surface area contributed by atoms with E-state index in [0.717, 1.165) is 15.8 Å². The number of thiophene rings is 1. The van der Waals surface area contributed by atoms with E-state index in [9.17, 15) is 9.59 Å². The van der Waals surface area contributed by atoms with Crippen molar-refractivity contribution in [2.75, 3.05) is 11.1 Å². The van der Waals surface area contributed by atoms with E-state index >= 15 is 0 Å². The van der Waals surface area contributed by atoms with Crippen LogP contribution >= 0.6 is 23.1 Å². The van der Waals surface area contributed by atoms with E-state index in [2.05, 4.69) is 11.4 Å². The van der Waals surface area contributed by atoms with E-state index < -0.39 is 5.97 Å². The SMILES string of the molecule is O=C1CSc2ccc(C(=O)OCc3csc4ccccc34)cc2N1. The highest BCUT2D eigenvalue weighted by atomic mass is 32.2. The molecular weight excluding hydrogens is 342 g/mol. The number of thioether (sulfide) groups is 1. The number of hydrogen-bond acceptors (Lipinski definition) is 5. The molecule has 0 spiro atoms. The van der Waals surface area contributed by atoms with Gasteiger partial charge in [0.05, 0.1) is 17.0 Å². The van der Waals surface area contributed by atoms with E-state index in [4.69, 9.17) is 4.74 Å². The summed E-state index contributed by atoms with van der Waals surface area (Å²) in [5.41, 5.74) is 2.12. The van der Waals surface area contributed by atoms with Crippen LogP contribution in [0.5, 0.6) is 0 Å². The highest BCUT2D eigenvalue weighted by Crippen LogP contribution is 2.32. The van der Waals surface area contributed by atoms with E-state index in [1.807, 2.05) is 29.6 Å². The van der Waals surface area contributed by atoms with Gasteiger partial charge < -0.3 is 10.1 Å². The Morgan fingerprint density at radius 1 is 1.21 bits per heavy atom. The molecule has 0 fully saturated rings. The minimum atomic E-state index is -0.391. The van der Waals surface area contributed by atoms with Gasteiger partial charge >= 0.3 is 5.97 Å². The Labute approximate surface area is 146 Å². The molecule has 120 valence electrons. The van der Waals surface area contributed by atoms with Crippen LogP contribution in [0.2, 0.25) is 0 Å². The highest BCUT2D eigenvalue weighted by Gasteiger charge is 2.18. The van der Waals surface area contributed by atoms with Crippen molar-refractivity contribution >= 4 is 50.7 Å². The molecule has 0 bridgehead atoms. The highest BCUT2D eigenvalue weighted by molar-refractivity contribution is 8.00. The molecule has 2 heterocycles.